The molecule has 5 rings (SSSR count). The first-order valence-corrected chi connectivity index (χ1v) is 18.9. The van der Waals surface area contributed by atoms with Gasteiger partial charge in [-0.3, -0.25) is 19.2 Å². The Balaban J connectivity index is 1.30. The van der Waals surface area contributed by atoms with Crippen molar-refractivity contribution in [1.29, 1.82) is 0 Å². The van der Waals surface area contributed by atoms with Crippen molar-refractivity contribution in [1.82, 2.24) is 15.1 Å². The standard InChI is InChI=1S/C38H45Cl2F5N4O5/c1-21(2)49(25-8-5-22(6-9-25)13-15-47(24-10-11-24)32(50)18-23-7-12-28(39)29(40)17-23)35(52)26-19-30-31(20-27(26)38(43,44)45)54-37(3,4)36(53)48(30)16-14-46-34(51)33(41)42/h7,12,17,19-22,24-25,33H,5-6,8-11,13-16,18H2,1-4H3,(H,46,51). The zero-order valence-electron chi connectivity index (χ0n) is 30.6. The van der Waals surface area contributed by atoms with Gasteiger partial charge in [-0.2, -0.15) is 22.0 Å². The molecule has 16 heteroatoms. The van der Waals surface area contributed by atoms with Gasteiger partial charge in [0.15, 0.2) is 5.60 Å². The Morgan fingerprint density at radius 1 is 0.981 bits per heavy atom. The average molecular weight is 804 g/mol. The van der Waals surface area contributed by atoms with Crippen molar-refractivity contribution in [3.05, 3.63) is 57.1 Å². The molecule has 1 aliphatic heterocycles. The van der Waals surface area contributed by atoms with Crippen LogP contribution in [0.1, 0.15) is 94.1 Å². The smallest absolute Gasteiger partial charge is 0.417 e. The third-order valence-electron chi connectivity index (χ3n) is 10.3. The van der Waals surface area contributed by atoms with Crippen LogP contribution in [0, 0.1) is 5.92 Å². The molecule has 2 aromatic rings. The zero-order valence-corrected chi connectivity index (χ0v) is 32.1. The fraction of sp³-hybridized carbons (Fsp3) is 0.579. The van der Waals surface area contributed by atoms with E-state index < -0.39 is 59.6 Å². The topological polar surface area (TPSA) is 99.3 Å². The van der Waals surface area contributed by atoms with E-state index in [1.54, 1.807) is 32.0 Å². The molecule has 54 heavy (non-hydrogen) atoms. The molecule has 3 aliphatic rings. The van der Waals surface area contributed by atoms with Crippen LogP contribution >= 0.6 is 23.2 Å². The maximum atomic E-state index is 14.6. The lowest BCUT2D eigenvalue weighted by Crippen LogP contribution is -2.54. The number of anilines is 1. The van der Waals surface area contributed by atoms with Gasteiger partial charge in [-0.15, -0.1) is 0 Å². The molecule has 2 aliphatic carbocycles. The van der Waals surface area contributed by atoms with Crippen molar-refractivity contribution in [2.75, 3.05) is 24.5 Å². The quantitative estimate of drug-likeness (QED) is 0.208. The molecule has 0 saturated heterocycles. The lowest BCUT2D eigenvalue weighted by atomic mass is 9.82. The van der Waals surface area contributed by atoms with E-state index in [0.29, 0.717) is 48.3 Å². The Labute approximate surface area is 321 Å². The van der Waals surface area contributed by atoms with E-state index in [-0.39, 0.29) is 48.3 Å². The molecule has 2 fully saturated rings. The Bertz CT molecular complexity index is 1740. The van der Waals surface area contributed by atoms with Crippen molar-refractivity contribution in [3.63, 3.8) is 0 Å². The van der Waals surface area contributed by atoms with E-state index in [0.717, 1.165) is 35.8 Å². The summed E-state index contributed by atoms with van der Waals surface area (Å²) in [5.41, 5.74) is -2.88. The third kappa shape index (κ3) is 9.58. The fourth-order valence-corrected chi connectivity index (χ4v) is 7.75. The van der Waals surface area contributed by atoms with Gasteiger partial charge in [-0.05, 0) is 108 Å². The summed E-state index contributed by atoms with van der Waals surface area (Å²) in [4.78, 5) is 56.8. The van der Waals surface area contributed by atoms with Crippen LogP contribution in [0.2, 0.25) is 10.0 Å². The number of carbonyl (C=O) groups excluding carboxylic acids is 4. The van der Waals surface area contributed by atoms with Crippen molar-refractivity contribution < 1.29 is 45.9 Å². The number of fused-ring (bicyclic) bond motifs is 1. The molecule has 296 valence electrons. The molecule has 0 radical (unpaired) electrons. The minimum absolute atomic E-state index is 0.0128. The molecule has 1 heterocycles. The highest BCUT2D eigenvalue weighted by atomic mass is 35.5. The second kappa shape index (κ2) is 16.6. The summed E-state index contributed by atoms with van der Waals surface area (Å²) in [5, 5.41) is 2.80. The van der Waals surface area contributed by atoms with Crippen molar-refractivity contribution in [2.45, 2.75) is 115 Å². The monoisotopic (exact) mass is 802 g/mol. The molecule has 0 atom stereocenters. The summed E-state index contributed by atoms with van der Waals surface area (Å²) in [7, 11) is 0. The molecule has 0 aromatic heterocycles. The first-order chi connectivity index (χ1) is 25.3. The summed E-state index contributed by atoms with van der Waals surface area (Å²) in [5.74, 6) is -3.15. The molecule has 1 N–H and O–H groups in total. The second-order valence-electron chi connectivity index (χ2n) is 15.0. The van der Waals surface area contributed by atoms with Crippen LogP contribution in [0.25, 0.3) is 0 Å². The summed E-state index contributed by atoms with van der Waals surface area (Å²) >= 11 is 12.2. The van der Waals surface area contributed by atoms with Gasteiger partial charge in [0.25, 0.3) is 17.7 Å². The predicted molar refractivity (Wildman–Crippen MR) is 194 cm³/mol. The van der Waals surface area contributed by atoms with Crippen LogP contribution < -0.4 is 15.0 Å². The van der Waals surface area contributed by atoms with Gasteiger partial charge < -0.3 is 24.8 Å². The maximum absolute atomic E-state index is 14.6. The highest BCUT2D eigenvalue weighted by Gasteiger charge is 2.45. The molecule has 0 spiro atoms. The maximum Gasteiger partial charge on any atom is 0.417 e. The van der Waals surface area contributed by atoms with E-state index in [9.17, 15) is 41.1 Å². The van der Waals surface area contributed by atoms with Gasteiger partial charge in [-0.25, -0.2) is 0 Å². The SMILES string of the molecule is CC(C)N(C(=O)c1cc2c(cc1C(F)(F)F)OC(C)(C)C(=O)N2CCNC(=O)C(F)F)C1CCC(CCN(C(=O)Cc2ccc(Cl)c(Cl)c2)C2CC2)CC1. The summed E-state index contributed by atoms with van der Waals surface area (Å²) < 4.78 is 75.1. The van der Waals surface area contributed by atoms with Crippen molar-refractivity contribution in [3.8, 4) is 5.75 Å². The van der Waals surface area contributed by atoms with Crippen LogP contribution in [-0.4, -0.2) is 83.2 Å². The molecule has 9 nitrogen and oxygen atoms in total. The summed E-state index contributed by atoms with van der Waals surface area (Å²) in [6.45, 7) is 5.98. The number of carbonyl (C=O) groups is 4. The molecule has 4 amide bonds. The van der Waals surface area contributed by atoms with Gasteiger partial charge in [0.1, 0.15) is 5.75 Å². The Morgan fingerprint density at radius 2 is 1.63 bits per heavy atom. The summed E-state index contributed by atoms with van der Waals surface area (Å²) in [6, 6.07) is 6.19. The fourth-order valence-electron chi connectivity index (χ4n) is 7.43. The van der Waals surface area contributed by atoms with Gasteiger partial charge in [0, 0.05) is 37.8 Å². The van der Waals surface area contributed by atoms with Crippen molar-refractivity contribution >= 4 is 52.5 Å². The van der Waals surface area contributed by atoms with Crippen LogP contribution in [0.3, 0.4) is 0 Å². The molecular formula is C38H45Cl2F5N4O5. The number of amides is 4. The third-order valence-corrected chi connectivity index (χ3v) is 11.0. The van der Waals surface area contributed by atoms with E-state index in [1.807, 2.05) is 10.2 Å². The normalized spacial score (nSPS) is 19.7. The number of rotatable bonds is 13. The summed E-state index contributed by atoms with van der Waals surface area (Å²) in [6.07, 6.45) is -2.88. The van der Waals surface area contributed by atoms with E-state index >= 15 is 0 Å². The Hall–Kier alpha value is -3.65. The predicted octanol–water partition coefficient (Wildman–Crippen LogP) is 7.93. The number of halogens is 7. The number of hydrogen-bond acceptors (Lipinski definition) is 5. The van der Waals surface area contributed by atoms with Crippen LogP contribution in [-0.2, 0) is 27.0 Å². The highest BCUT2D eigenvalue weighted by molar-refractivity contribution is 6.42. The molecule has 2 saturated carbocycles. The van der Waals surface area contributed by atoms with Crippen molar-refractivity contribution in [2.24, 2.45) is 5.92 Å². The minimum Gasteiger partial charge on any atom is -0.476 e. The van der Waals surface area contributed by atoms with Gasteiger partial charge in [-0.1, -0.05) is 29.3 Å². The zero-order chi connectivity index (χ0) is 39.7. The number of alkyl halides is 5. The highest BCUT2D eigenvalue weighted by Crippen LogP contribution is 2.45. The molecule has 0 unspecified atom stereocenters. The van der Waals surface area contributed by atoms with E-state index in [2.05, 4.69) is 0 Å². The largest absolute Gasteiger partial charge is 0.476 e. The molecule has 0 bridgehead atoms. The second-order valence-corrected chi connectivity index (χ2v) is 15.9. The molecular weight excluding hydrogens is 758 g/mol. The van der Waals surface area contributed by atoms with Crippen LogP contribution in [0.5, 0.6) is 5.75 Å². The Morgan fingerprint density at radius 3 is 2.20 bits per heavy atom. The molecule has 2 aromatic carbocycles. The number of hydrogen-bond donors (Lipinski definition) is 1. The van der Waals surface area contributed by atoms with Gasteiger partial charge >= 0.3 is 12.6 Å². The minimum atomic E-state index is -4.96. The van der Waals surface area contributed by atoms with Crippen LogP contribution in [0.4, 0.5) is 27.6 Å². The number of nitrogens with one attached hydrogen (secondary N) is 1. The number of benzene rings is 2. The lowest BCUT2D eigenvalue weighted by molar-refractivity contribution is -0.138. The number of nitrogens with zero attached hydrogens (tertiary/aromatic N) is 3. The van der Waals surface area contributed by atoms with E-state index in [1.165, 1.54) is 18.7 Å². The average Bonchev–Trinajstić information content (AvgIpc) is 3.93. The van der Waals surface area contributed by atoms with Crippen LogP contribution in [0.15, 0.2) is 30.3 Å². The first kappa shape index (κ1) is 41.5. The Kier molecular flexibility index (Phi) is 12.8. The van der Waals surface area contributed by atoms with Gasteiger partial charge in [0.2, 0.25) is 5.91 Å². The lowest BCUT2D eigenvalue weighted by Gasteiger charge is -2.41. The van der Waals surface area contributed by atoms with Gasteiger partial charge in [0.05, 0.1) is 33.3 Å². The van der Waals surface area contributed by atoms with E-state index in [4.69, 9.17) is 27.9 Å². The number of ether oxygens (including phenoxy) is 1. The first-order valence-electron chi connectivity index (χ1n) is 18.2.